The van der Waals surface area contributed by atoms with E-state index in [-0.39, 0.29) is 18.4 Å². The molecule has 35 heavy (non-hydrogen) atoms. The number of hydrogen-bond donors (Lipinski definition) is 2. The van der Waals surface area contributed by atoms with Gasteiger partial charge in [0.25, 0.3) is 5.91 Å². The normalized spacial score (nSPS) is 12.0. The molecule has 1 aromatic heterocycles. The van der Waals surface area contributed by atoms with Crippen molar-refractivity contribution in [1.29, 1.82) is 0 Å². The van der Waals surface area contributed by atoms with Crippen molar-refractivity contribution < 1.29 is 18.8 Å². The number of carbonyl (C=O) groups is 3. The molecule has 2 aromatic carbocycles. The minimum absolute atomic E-state index is 0.332. The van der Waals surface area contributed by atoms with Gasteiger partial charge in [-0.25, -0.2) is 4.39 Å². The first-order valence-corrected chi connectivity index (χ1v) is 12.3. The Morgan fingerprint density at radius 3 is 2.26 bits per heavy atom. The predicted octanol–water partition coefficient (Wildman–Crippen LogP) is 5.00. The summed E-state index contributed by atoms with van der Waals surface area (Å²) in [6.07, 6.45) is 0.681. The number of aryl methyl sites for hydroxylation is 1. The number of nitrogens with zero attached hydrogens (tertiary/aromatic N) is 1. The number of nitrogens with one attached hydrogen (secondary N) is 2. The van der Waals surface area contributed by atoms with Crippen molar-refractivity contribution >= 4 is 34.7 Å². The molecule has 6 nitrogen and oxygen atoms in total. The van der Waals surface area contributed by atoms with E-state index in [4.69, 9.17) is 0 Å². The van der Waals surface area contributed by atoms with Crippen LogP contribution in [0.4, 0.5) is 10.1 Å². The summed E-state index contributed by atoms with van der Waals surface area (Å²) in [5, 5.41) is 7.44. The van der Waals surface area contributed by atoms with Crippen LogP contribution in [-0.4, -0.2) is 29.8 Å². The van der Waals surface area contributed by atoms with Gasteiger partial charge in [-0.3, -0.25) is 19.3 Å². The molecule has 3 aromatic rings. The van der Waals surface area contributed by atoms with Crippen LogP contribution in [0.2, 0.25) is 0 Å². The number of carbonyl (C=O) groups excluding carboxylic acids is 3. The summed E-state index contributed by atoms with van der Waals surface area (Å²) in [5.41, 5.74) is 1.44. The number of anilines is 1. The molecule has 0 fully saturated rings. The van der Waals surface area contributed by atoms with E-state index in [9.17, 15) is 18.8 Å². The van der Waals surface area contributed by atoms with Gasteiger partial charge in [-0.15, -0.1) is 11.3 Å². The molecular weight excluding hydrogens is 465 g/mol. The summed E-state index contributed by atoms with van der Waals surface area (Å²) in [7, 11) is 0. The second-order valence-corrected chi connectivity index (χ2v) is 9.89. The quantitative estimate of drug-likeness (QED) is 0.438. The third kappa shape index (κ3) is 6.76. The van der Waals surface area contributed by atoms with Crippen LogP contribution in [0.3, 0.4) is 0 Å². The molecule has 0 unspecified atom stereocenters. The molecule has 2 N–H and O–H groups in total. The number of benzene rings is 2. The summed E-state index contributed by atoms with van der Waals surface area (Å²) in [4.78, 5) is 41.5. The van der Waals surface area contributed by atoms with E-state index in [1.807, 2.05) is 39.8 Å². The zero-order valence-electron chi connectivity index (χ0n) is 20.3. The van der Waals surface area contributed by atoms with Crippen LogP contribution in [0.1, 0.15) is 54.0 Å². The van der Waals surface area contributed by atoms with Crippen molar-refractivity contribution in [3.63, 3.8) is 0 Å². The van der Waals surface area contributed by atoms with Gasteiger partial charge in [0.2, 0.25) is 11.8 Å². The van der Waals surface area contributed by atoms with Crippen LogP contribution in [-0.2, 0) is 9.59 Å². The number of halogens is 1. The van der Waals surface area contributed by atoms with Crippen molar-refractivity contribution in [2.75, 3.05) is 11.4 Å². The first kappa shape index (κ1) is 26.1. The van der Waals surface area contributed by atoms with Crippen molar-refractivity contribution in [2.45, 2.75) is 45.7 Å². The first-order chi connectivity index (χ1) is 16.6. The van der Waals surface area contributed by atoms with Gasteiger partial charge in [-0.2, -0.15) is 0 Å². The maximum Gasteiger partial charge on any atom is 0.261 e. The maximum atomic E-state index is 13.7. The van der Waals surface area contributed by atoms with Gasteiger partial charge in [-0.1, -0.05) is 42.8 Å². The lowest BCUT2D eigenvalue weighted by molar-refractivity contribution is -0.127. The minimum Gasteiger partial charge on any atom is -0.349 e. The molecule has 0 bridgehead atoms. The molecular formula is C27H30FN3O3S. The van der Waals surface area contributed by atoms with Crippen molar-refractivity contribution in [3.8, 4) is 0 Å². The molecule has 0 radical (unpaired) electrons. The zero-order chi connectivity index (χ0) is 25.6. The molecule has 184 valence electrons. The van der Waals surface area contributed by atoms with Gasteiger partial charge in [0.15, 0.2) is 0 Å². The van der Waals surface area contributed by atoms with Gasteiger partial charge in [0.05, 0.1) is 11.4 Å². The fourth-order valence-corrected chi connectivity index (χ4v) is 4.07. The molecule has 1 heterocycles. The number of hydrogen-bond acceptors (Lipinski definition) is 4. The Balaban J connectivity index is 2.01. The standard InChI is InChI=1S/C27H30FN3O3S/c1-5-27(3,4)30-26(34)24(19-10-8-18(2)9-11-19)31(21-14-12-20(28)13-15-21)23(32)17-29-25(33)22-7-6-16-35-22/h6-16,24H,5,17H2,1-4H3,(H,29,33)(H,30,34)/t24-/m1/s1. The Kier molecular flexibility index (Phi) is 8.40. The van der Waals surface area contributed by atoms with Crippen LogP contribution >= 0.6 is 11.3 Å². The third-order valence-electron chi connectivity index (χ3n) is 5.76. The molecule has 0 aliphatic carbocycles. The van der Waals surface area contributed by atoms with E-state index in [1.54, 1.807) is 29.6 Å². The molecule has 1 atom stereocenters. The van der Waals surface area contributed by atoms with Gasteiger partial charge in [0, 0.05) is 11.2 Å². The highest BCUT2D eigenvalue weighted by Gasteiger charge is 2.35. The second-order valence-electron chi connectivity index (χ2n) is 8.94. The van der Waals surface area contributed by atoms with Gasteiger partial charge in [0.1, 0.15) is 11.9 Å². The second kappa shape index (κ2) is 11.3. The summed E-state index contributed by atoms with van der Waals surface area (Å²) in [5.74, 6) is -1.72. The predicted molar refractivity (Wildman–Crippen MR) is 137 cm³/mol. The van der Waals surface area contributed by atoms with E-state index in [2.05, 4.69) is 10.6 Å². The Labute approximate surface area is 209 Å². The van der Waals surface area contributed by atoms with E-state index in [0.29, 0.717) is 22.5 Å². The van der Waals surface area contributed by atoms with E-state index in [0.717, 1.165) is 5.56 Å². The zero-order valence-corrected chi connectivity index (χ0v) is 21.1. The van der Waals surface area contributed by atoms with Gasteiger partial charge >= 0.3 is 0 Å². The van der Waals surface area contributed by atoms with E-state index >= 15 is 0 Å². The van der Waals surface area contributed by atoms with Crippen LogP contribution in [0.5, 0.6) is 0 Å². The van der Waals surface area contributed by atoms with Crippen LogP contribution in [0, 0.1) is 12.7 Å². The molecule has 0 aliphatic rings. The molecule has 0 saturated carbocycles. The molecule has 3 rings (SSSR count). The van der Waals surface area contributed by atoms with Crippen LogP contribution in [0.15, 0.2) is 66.0 Å². The molecule has 0 aliphatic heterocycles. The highest BCUT2D eigenvalue weighted by Crippen LogP contribution is 2.29. The van der Waals surface area contributed by atoms with E-state index < -0.39 is 23.3 Å². The topological polar surface area (TPSA) is 78.5 Å². The highest BCUT2D eigenvalue weighted by atomic mass is 32.1. The van der Waals surface area contributed by atoms with Crippen molar-refractivity contribution in [3.05, 3.63) is 87.9 Å². The summed E-state index contributed by atoms with van der Waals surface area (Å²) >= 11 is 1.26. The molecule has 0 saturated heterocycles. The summed E-state index contributed by atoms with van der Waals surface area (Å²) < 4.78 is 13.7. The molecule has 0 spiro atoms. The fraction of sp³-hybridized carbons (Fsp3) is 0.296. The smallest absolute Gasteiger partial charge is 0.261 e. The molecule has 3 amide bonds. The number of rotatable bonds is 9. The molecule has 8 heteroatoms. The number of amides is 3. The minimum atomic E-state index is -1.03. The van der Waals surface area contributed by atoms with Crippen LogP contribution in [0.25, 0.3) is 0 Å². The average Bonchev–Trinajstić information content (AvgIpc) is 3.37. The Bertz CT molecular complexity index is 1160. The van der Waals surface area contributed by atoms with Crippen molar-refractivity contribution in [1.82, 2.24) is 10.6 Å². The lowest BCUT2D eigenvalue weighted by Crippen LogP contribution is -2.52. The first-order valence-electron chi connectivity index (χ1n) is 11.4. The highest BCUT2D eigenvalue weighted by molar-refractivity contribution is 7.12. The largest absolute Gasteiger partial charge is 0.349 e. The third-order valence-corrected chi connectivity index (χ3v) is 6.63. The average molecular weight is 496 g/mol. The number of thiophene rings is 1. The lowest BCUT2D eigenvalue weighted by atomic mass is 9.97. The fourth-order valence-electron chi connectivity index (χ4n) is 3.43. The maximum absolute atomic E-state index is 13.7. The Morgan fingerprint density at radius 2 is 1.69 bits per heavy atom. The Hall–Kier alpha value is -3.52. The Morgan fingerprint density at radius 1 is 1.03 bits per heavy atom. The summed E-state index contributed by atoms with van der Waals surface area (Å²) in [6.45, 7) is 7.37. The monoisotopic (exact) mass is 495 g/mol. The van der Waals surface area contributed by atoms with E-state index in [1.165, 1.54) is 40.5 Å². The van der Waals surface area contributed by atoms with Crippen LogP contribution < -0.4 is 15.5 Å². The van der Waals surface area contributed by atoms with Gasteiger partial charge in [-0.05, 0) is 68.5 Å². The van der Waals surface area contributed by atoms with Crippen molar-refractivity contribution in [2.24, 2.45) is 0 Å². The van der Waals surface area contributed by atoms with Gasteiger partial charge < -0.3 is 10.6 Å². The summed E-state index contributed by atoms with van der Waals surface area (Å²) in [6, 6.07) is 15.1. The lowest BCUT2D eigenvalue weighted by Gasteiger charge is -2.34. The SMILES string of the molecule is CCC(C)(C)NC(=O)[C@@H](c1ccc(C)cc1)N(C(=O)CNC(=O)c1cccs1)c1ccc(F)cc1.